The molecule has 0 unspecified atom stereocenters. The fourth-order valence-electron chi connectivity index (χ4n) is 7.45. The van der Waals surface area contributed by atoms with Gasteiger partial charge >= 0.3 is 0 Å². The van der Waals surface area contributed by atoms with Crippen LogP contribution in [-0.2, 0) is 0 Å². The summed E-state index contributed by atoms with van der Waals surface area (Å²) in [7, 11) is 0. The summed E-state index contributed by atoms with van der Waals surface area (Å²) in [5, 5.41) is 9.98. The summed E-state index contributed by atoms with van der Waals surface area (Å²) in [6, 6.07) is 57.1. The van der Waals surface area contributed by atoms with Gasteiger partial charge in [-0.15, -0.1) is 0 Å². The summed E-state index contributed by atoms with van der Waals surface area (Å²) in [5.74, 6) is 0. The summed E-state index contributed by atoms with van der Waals surface area (Å²) in [4.78, 5) is 4.69. The molecule has 3 heteroatoms. The van der Waals surface area contributed by atoms with Crippen LogP contribution in [0.25, 0.3) is 87.8 Å². The molecule has 214 valence electrons. The average molecular weight is 586 g/mol. The number of hydrogen-bond acceptors (Lipinski definition) is 1. The standard InChI is InChI=1S/C43H27N3/c1-3-11-30-25-33(19-16-28(30)9-1)45-38-15-6-5-13-35(38)42-39(45)22-23-40-43(42)36-21-18-32(37-14-7-8-24-44-37)27-41(36)46(40)34-20-17-29-10-2-4-12-31(29)26-34/h1-27H. The van der Waals surface area contributed by atoms with Crippen molar-refractivity contribution in [1.82, 2.24) is 14.1 Å². The van der Waals surface area contributed by atoms with Crippen LogP contribution in [0.1, 0.15) is 0 Å². The summed E-state index contributed by atoms with van der Waals surface area (Å²) in [6.07, 6.45) is 1.86. The van der Waals surface area contributed by atoms with Gasteiger partial charge in [-0.05, 0) is 82.2 Å². The van der Waals surface area contributed by atoms with Crippen LogP contribution in [0.15, 0.2) is 164 Å². The van der Waals surface area contributed by atoms with Gasteiger partial charge in [0.15, 0.2) is 0 Å². The van der Waals surface area contributed by atoms with Crippen LogP contribution in [0, 0.1) is 0 Å². The molecule has 46 heavy (non-hydrogen) atoms. The minimum absolute atomic E-state index is 0.970. The Hall–Kier alpha value is -6.19. The van der Waals surface area contributed by atoms with Gasteiger partial charge in [0.25, 0.3) is 0 Å². The first kappa shape index (κ1) is 25.2. The van der Waals surface area contributed by atoms with E-state index in [1.165, 1.54) is 70.8 Å². The summed E-state index contributed by atoms with van der Waals surface area (Å²) >= 11 is 0. The lowest BCUT2D eigenvalue weighted by molar-refractivity contribution is 1.18. The molecule has 0 atom stereocenters. The molecular formula is C43H27N3. The molecule has 3 nitrogen and oxygen atoms in total. The molecule has 0 fully saturated rings. The van der Waals surface area contributed by atoms with Crippen LogP contribution >= 0.6 is 0 Å². The minimum Gasteiger partial charge on any atom is -0.309 e. The van der Waals surface area contributed by atoms with E-state index in [2.05, 4.69) is 166 Å². The van der Waals surface area contributed by atoms with Gasteiger partial charge in [0.2, 0.25) is 0 Å². The van der Waals surface area contributed by atoms with Crippen LogP contribution in [0.4, 0.5) is 0 Å². The number of nitrogens with zero attached hydrogens (tertiary/aromatic N) is 3. The minimum atomic E-state index is 0.970. The lowest BCUT2D eigenvalue weighted by Crippen LogP contribution is -1.95. The van der Waals surface area contributed by atoms with Crippen molar-refractivity contribution in [3.63, 3.8) is 0 Å². The van der Waals surface area contributed by atoms with Crippen LogP contribution in [0.3, 0.4) is 0 Å². The maximum atomic E-state index is 4.69. The number of hydrogen-bond donors (Lipinski definition) is 0. The van der Waals surface area contributed by atoms with Gasteiger partial charge in [0, 0.05) is 44.7 Å². The van der Waals surface area contributed by atoms with E-state index < -0.39 is 0 Å². The van der Waals surface area contributed by atoms with E-state index in [1.54, 1.807) is 0 Å². The monoisotopic (exact) mass is 585 g/mol. The molecule has 0 saturated carbocycles. The first-order valence-electron chi connectivity index (χ1n) is 15.7. The fourth-order valence-corrected chi connectivity index (χ4v) is 7.45. The predicted molar refractivity (Wildman–Crippen MR) is 193 cm³/mol. The number of pyridine rings is 1. The third-order valence-corrected chi connectivity index (χ3v) is 9.51. The van der Waals surface area contributed by atoms with Gasteiger partial charge in [0.1, 0.15) is 0 Å². The molecule has 3 heterocycles. The van der Waals surface area contributed by atoms with Crippen molar-refractivity contribution in [3.8, 4) is 22.6 Å². The highest BCUT2D eigenvalue weighted by Crippen LogP contribution is 2.43. The Balaban J connectivity index is 1.35. The smallest absolute Gasteiger partial charge is 0.0702 e. The highest BCUT2D eigenvalue weighted by atomic mass is 15.0. The fraction of sp³-hybridized carbons (Fsp3) is 0. The van der Waals surface area contributed by atoms with E-state index in [9.17, 15) is 0 Å². The number of aromatic nitrogens is 3. The Morgan fingerprint density at radius 3 is 1.59 bits per heavy atom. The summed E-state index contributed by atoms with van der Waals surface area (Å²) in [6.45, 7) is 0. The van der Waals surface area contributed by atoms with E-state index >= 15 is 0 Å². The Bertz CT molecular complexity index is 2800. The molecular weight excluding hydrogens is 558 g/mol. The van der Waals surface area contributed by atoms with Gasteiger partial charge in [-0.25, -0.2) is 0 Å². The highest BCUT2D eigenvalue weighted by Gasteiger charge is 2.21. The van der Waals surface area contributed by atoms with Crippen molar-refractivity contribution in [2.24, 2.45) is 0 Å². The van der Waals surface area contributed by atoms with Crippen molar-refractivity contribution < 1.29 is 0 Å². The Morgan fingerprint density at radius 1 is 0.370 bits per heavy atom. The molecule has 0 bridgehead atoms. The molecule has 3 aromatic heterocycles. The van der Waals surface area contributed by atoms with Gasteiger partial charge < -0.3 is 9.13 Å². The molecule has 0 spiro atoms. The Morgan fingerprint density at radius 2 is 0.935 bits per heavy atom. The SMILES string of the molecule is c1ccc(-c2ccc3c4c5c6ccccc6n(-c6ccc7ccccc7c6)c5ccc4n(-c4ccc5ccccc5c4)c3c2)nc1. The molecule has 0 aliphatic heterocycles. The molecule has 0 amide bonds. The number of para-hydroxylation sites is 1. The van der Waals surface area contributed by atoms with Gasteiger partial charge in [0.05, 0.1) is 27.8 Å². The molecule has 7 aromatic carbocycles. The van der Waals surface area contributed by atoms with E-state index in [0.29, 0.717) is 0 Å². The molecule has 0 aliphatic carbocycles. The van der Waals surface area contributed by atoms with Gasteiger partial charge in [-0.2, -0.15) is 0 Å². The highest BCUT2D eigenvalue weighted by molar-refractivity contribution is 6.29. The molecule has 0 N–H and O–H groups in total. The number of rotatable bonds is 3. The maximum Gasteiger partial charge on any atom is 0.0702 e. The second kappa shape index (κ2) is 9.65. The van der Waals surface area contributed by atoms with E-state index in [4.69, 9.17) is 0 Å². The molecule has 0 saturated heterocycles. The zero-order chi connectivity index (χ0) is 30.2. The van der Waals surface area contributed by atoms with Gasteiger partial charge in [-0.3, -0.25) is 4.98 Å². The third kappa shape index (κ3) is 3.63. The van der Waals surface area contributed by atoms with Crippen molar-refractivity contribution in [1.29, 1.82) is 0 Å². The number of fused-ring (bicyclic) bond motifs is 9. The number of benzene rings is 7. The van der Waals surface area contributed by atoms with Gasteiger partial charge in [-0.1, -0.05) is 97.1 Å². The lowest BCUT2D eigenvalue weighted by Gasteiger charge is -2.11. The zero-order valence-electron chi connectivity index (χ0n) is 24.9. The van der Waals surface area contributed by atoms with Crippen molar-refractivity contribution in [3.05, 3.63) is 164 Å². The van der Waals surface area contributed by atoms with Crippen molar-refractivity contribution in [2.45, 2.75) is 0 Å². The van der Waals surface area contributed by atoms with Crippen LogP contribution in [0.5, 0.6) is 0 Å². The van der Waals surface area contributed by atoms with E-state index in [0.717, 1.165) is 16.9 Å². The van der Waals surface area contributed by atoms with Crippen molar-refractivity contribution in [2.75, 3.05) is 0 Å². The molecule has 10 aromatic rings. The second-order valence-corrected chi connectivity index (χ2v) is 12.1. The average Bonchev–Trinajstić information content (AvgIpc) is 3.64. The first-order chi connectivity index (χ1) is 22.8. The molecule has 0 aliphatic rings. The second-order valence-electron chi connectivity index (χ2n) is 12.1. The summed E-state index contributed by atoms with van der Waals surface area (Å²) < 4.78 is 4.86. The van der Waals surface area contributed by atoms with Crippen LogP contribution < -0.4 is 0 Å². The van der Waals surface area contributed by atoms with Crippen LogP contribution in [-0.4, -0.2) is 14.1 Å². The van der Waals surface area contributed by atoms with E-state index in [-0.39, 0.29) is 0 Å². The van der Waals surface area contributed by atoms with Crippen molar-refractivity contribution >= 4 is 65.2 Å². The Labute approximate surface area is 265 Å². The first-order valence-corrected chi connectivity index (χ1v) is 15.7. The quantitative estimate of drug-likeness (QED) is 0.202. The Kier molecular flexibility index (Phi) is 5.28. The predicted octanol–water partition coefficient (Wildman–Crippen LogP) is 11.2. The lowest BCUT2D eigenvalue weighted by atomic mass is 10.0. The largest absolute Gasteiger partial charge is 0.309 e. The normalized spacial score (nSPS) is 11.9. The topological polar surface area (TPSA) is 22.8 Å². The summed E-state index contributed by atoms with van der Waals surface area (Å²) in [5.41, 5.74) is 9.16. The van der Waals surface area contributed by atoms with E-state index in [1.807, 2.05) is 12.3 Å². The van der Waals surface area contributed by atoms with Crippen LogP contribution in [0.2, 0.25) is 0 Å². The third-order valence-electron chi connectivity index (χ3n) is 9.51. The molecule has 0 radical (unpaired) electrons. The zero-order valence-corrected chi connectivity index (χ0v) is 24.9. The molecule has 10 rings (SSSR count). The maximum absolute atomic E-state index is 4.69.